The molecule has 0 unspecified atom stereocenters. The Labute approximate surface area is 227 Å². The number of fused-ring (bicyclic) bond motifs is 1. The second-order valence-corrected chi connectivity index (χ2v) is 9.41. The van der Waals surface area contributed by atoms with Crippen molar-refractivity contribution in [3.63, 3.8) is 0 Å². The van der Waals surface area contributed by atoms with Gasteiger partial charge in [0.25, 0.3) is 0 Å². The first-order valence-electron chi connectivity index (χ1n) is 11.8. The van der Waals surface area contributed by atoms with Gasteiger partial charge >= 0.3 is 6.09 Å². The summed E-state index contributed by atoms with van der Waals surface area (Å²) in [7, 11) is 4.56. The summed E-state index contributed by atoms with van der Waals surface area (Å²) < 4.78 is 19.5. The molecular formula is C25H35ClN6O6. The molecule has 0 spiro atoms. The van der Waals surface area contributed by atoms with Gasteiger partial charge in [-0.2, -0.15) is 4.52 Å². The van der Waals surface area contributed by atoms with E-state index in [0.717, 1.165) is 11.1 Å². The second kappa shape index (κ2) is 12.3. The molecule has 2 aromatic heterocycles. The van der Waals surface area contributed by atoms with Gasteiger partial charge in [-0.1, -0.05) is 20.8 Å². The SMILES string of the molecule is CN=c1n(CC(=O)c2cc(OCCO)c(OC)c(C(C)(C)C)c2)nc2c(C)c(C)c(OC(=O)NC)nn12.Cl. The Morgan fingerprint density at radius 1 is 1.16 bits per heavy atom. The number of methoxy groups -OCH3 is 1. The van der Waals surface area contributed by atoms with Gasteiger partial charge in [0.2, 0.25) is 11.5 Å². The summed E-state index contributed by atoms with van der Waals surface area (Å²) in [6, 6.07) is 3.39. The van der Waals surface area contributed by atoms with Crippen LogP contribution in [-0.4, -0.2) is 70.8 Å². The smallest absolute Gasteiger partial charge is 0.413 e. The number of hydrogen-bond donors (Lipinski definition) is 2. The van der Waals surface area contributed by atoms with Crippen LogP contribution in [0, 0.1) is 13.8 Å². The van der Waals surface area contributed by atoms with Crippen molar-refractivity contribution < 1.29 is 28.9 Å². The number of aliphatic hydroxyl groups is 1. The van der Waals surface area contributed by atoms with Crippen LogP contribution in [0.4, 0.5) is 4.79 Å². The van der Waals surface area contributed by atoms with Gasteiger partial charge in [0.1, 0.15) is 13.2 Å². The lowest BCUT2D eigenvalue weighted by Gasteiger charge is -2.25. The molecule has 0 fully saturated rings. The number of ketones is 1. The molecule has 3 aromatic rings. The van der Waals surface area contributed by atoms with Crippen LogP contribution in [0.3, 0.4) is 0 Å². The number of ether oxygens (including phenoxy) is 3. The van der Waals surface area contributed by atoms with Gasteiger partial charge in [0, 0.05) is 36.3 Å². The maximum absolute atomic E-state index is 13.5. The molecule has 0 atom stereocenters. The Morgan fingerprint density at radius 2 is 1.84 bits per heavy atom. The molecule has 0 bridgehead atoms. The highest BCUT2D eigenvalue weighted by atomic mass is 35.5. The normalized spacial score (nSPS) is 11.8. The van der Waals surface area contributed by atoms with E-state index in [9.17, 15) is 14.7 Å². The van der Waals surface area contributed by atoms with Gasteiger partial charge in [0.15, 0.2) is 22.9 Å². The van der Waals surface area contributed by atoms with E-state index < -0.39 is 6.09 Å². The van der Waals surface area contributed by atoms with Crippen LogP contribution in [0.1, 0.15) is 47.8 Å². The fraction of sp³-hybridized carbons (Fsp3) is 0.480. The first kappa shape index (κ1) is 30.6. The molecule has 13 heteroatoms. The molecule has 38 heavy (non-hydrogen) atoms. The molecule has 1 aromatic carbocycles. The van der Waals surface area contributed by atoms with E-state index in [-0.39, 0.29) is 49.2 Å². The first-order chi connectivity index (χ1) is 17.5. The highest BCUT2D eigenvalue weighted by molar-refractivity contribution is 5.97. The molecule has 0 aliphatic carbocycles. The summed E-state index contributed by atoms with van der Waals surface area (Å²) in [6.45, 7) is 9.37. The number of carbonyl (C=O) groups is 2. The van der Waals surface area contributed by atoms with Crippen LogP contribution < -0.4 is 25.1 Å². The van der Waals surface area contributed by atoms with Crippen molar-refractivity contribution in [1.82, 2.24) is 24.7 Å². The van der Waals surface area contributed by atoms with E-state index in [1.54, 1.807) is 33.2 Å². The zero-order valence-electron chi connectivity index (χ0n) is 22.9. The van der Waals surface area contributed by atoms with Crippen LogP contribution in [0.5, 0.6) is 17.4 Å². The molecule has 0 aliphatic rings. The highest BCUT2D eigenvalue weighted by Crippen LogP contribution is 2.40. The molecule has 3 rings (SSSR count). The van der Waals surface area contributed by atoms with Crippen molar-refractivity contribution in [2.24, 2.45) is 4.99 Å². The van der Waals surface area contributed by atoms with Gasteiger partial charge in [-0.15, -0.1) is 22.6 Å². The van der Waals surface area contributed by atoms with E-state index in [1.807, 2.05) is 27.7 Å². The third-order valence-electron chi connectivity index (χ3n) is 5.87. The van der Waals surface area contributed by atoms with Crippen molar-refractivity contribution in [1.29, 1.82) is 0 Å². The summed E-state index contributed by atoms with van der Waals surface area (Å²) in [4.78, 5) is 29.6. The molecule has 0 aliphatic heterocycles. The predicted octanol–water partition coefficient (Wildman–Crippen LogP) is 2.38. The van der Waals surface area contributed by atoms with Gasteiger partial charge in [-0.05, 0) is 31.4 Å². The lowest BCUT2D eigenvalue weighted by atomic mass is 9.84. The van der Waals surface area contributed by atoms with Crippen LogP contribution in [0.25, 0.3) is 5.65 Å². The van der Waals surface area contributed by atoms with E-state index in [1.165, 1.54) is 16.2 Å². The molecule has 12 nitrogen and oxygen atoms in total. The first-order valence-corrected chi connectivity index (χ1v) is 11.8. The third kappa shape index (κ3) is 6.08. The minimum atomic E-state index is -0.652. The number of Topliss-reactive ketones (excluding diaryl/α,β-unsaturated/α-hetero) is 1. The molecule has 0 saturated carbocycles. The minimum absolute atomic E-state index is 0. The molecule has 208 valence electrons. The average molecular weight is 551 g/mol. The highest BCUT2D eigenvalue weighted by Gasteiger charge is 2.26. The summed E-state index contributed by atoms with van der Waals surface area (Å²) in [6.07, 6.45) is -0.652. The fourth-order valence-electron chi connectivity index (χ4n) is 3.80. The Morgan fingerprint density at radius 3 is 2.39 bits per heavy atom. The van der Waals surface area contributed by atoms with E-state index in [2.05, 4.69) is 20.5 Å². The Kier molecular flexibility index (Phi) is 9.87. The number of benzene rings is 1. The topological polar surface area (TPSA) is 142 Å². The average Bonchev–Trinajstić information content (AvgIpc) is 3.21. The standard InChI is InChI=1S/C25H34N6O6.ClH/c1-14-15(2)22(37-24(34)27-7)29-31-21(14)28-30(23(31)26-6)13-18(33)16-11-17(25(3,4)5)20(35-8)19(12-16)36-10-9-32;/h11-12,32H,9-10,13H2,1-8H3,(H,27,34);1H. The molecule has 1 amide bonds. The molecule has 0 saturated heterocycles. The van der Waals surface area contributed by atoms with Crippen LogP contribution in [0.15, 0.2) is 17.1 Å². The zero-order valence-corrected chi connectivity index (χ0v) is 23.7. The zero-order chi connectivity index (χ0) is 27.5. The van der Waals surface area contributed by atoms with E-state index in [0.29, 0.717) is 33.9 Å². The Balaban J connectivity index is 0.00000507. The van der Waals surface area contributed by atoms with Gasteiger partial charge in [0.05, 0.1) is 13.7 Å². The van der Waals surface area contributed by atoms with E-state index >= 15 is 0 Å². The summed E-state index contributed by atoms with van der Waals surface area (Å²) >= 11 is 0. The van der Waals surface area contributed by atoms with Crippen molar-refractivity contribution in [3.8, 4) is 17.4 Å². The largest absolute Gasteiger partial charge is 0.493 e. The van der Waals surface area contributed by atoms with Gasteiger partial charge < -0.3 is 24.6 Å². The lowest BCUT2D eigenvalue weighted by Crippen LogP contribution is -2.28. The number of carbonyl (C=O) groups excluding carboxylic acids is 2. The number of aromatic nitrogens is 4. The number of amides is 1. The van der Waals surface area contributed by atoms with Crippen molar-refractivity contribution in [2.45, 2.75) is 46.6 Å². The van der Waals surface area contributed by atoms with Crippen LogP contribution in [-0.2, 0) is 12.0 Å². The molecular weight excluding hydrogens is 516 g/mol. The van der Waals surface area contributed by atoms with Gasteiger partial charge in [-0.25, -0.2) is 9.48 Å². The Bertz CT molecular complexity index is 1410. The number of aryl methyl sites for hydroxylation is 1. The van der Waals surface area contributed by atoms with Crippen molar-refractivity contribution in [3.05, 3.63) is 40.0 Å². The third-order valence-corrected chi connectivity index (χ3v) is 5.87. The van der Waals surface area contributed by atoms with Crippen molar-refractivity contribution >= 4 is 29.9 Å². The summed E-state index contributed by atoms with van der Waals surface area (Å²) in [5, 5.41) is 20.6. The number of nitrogens with zero attached hydrogens (tertiary/aromatic N) is 5. The van der Waals surface area contributed by atoms with E-state index in [4.69, 9.17) is 14.2 Å². The number of halogens is 1. The maximum atomic E-state index is 13.5. The Hall–Kier alpha value is -3.64. The molecule has 2 heterocycles. The minimum Gasteiger partial charge on any atom is -0.493 e. The molecule has 0 radical (unpaired) electrons. The number of hydrogen-bond acceptors (Lipinski definition) is 9. The number of rotatable bonds is 8. The number of nitrogens with one attached hydrogen (secondary N) is 1. The predicted molar refractivity (Wildman–Crippen MR) is 143 cm³/mol. The van der Waals surface area contributed by atoms with Crippen LogP contribution >= 0.6 is 12.4 Å². The van der Waals surface area contributed by atoms with Gasteiger partial charge in [-0.3, -0.25) is 9.79 Å². The van der Waals surface area contributed by atoms with Crippen molar-refractivity contribution in [2.75, 3.05) is 34.4 Å². The monoisotopic (exact) mass is 550 g/mol. The maximum Gasteiger partial charge on any atom is 0.413 e. The summed E-state index contributed by atoms with van der Waals surface area (Å²) in [5.41, 5.74) is 2.98. The second-order valence-electron chi connectivity index (χ2n) is 9.41. The lowest BCUT2D eigenvalue weighted by molar-refractivity contribution is 0.0965. The molecule has 2 N–H and O–H groups in total. The fourth-order valence-corrected chi connectivity index (χ4v) is 3.80. The summed E-state index contributed by atoms with van der Waals surface area (Å²) in [5.74, 6) is 0.759. The van der Waals surface area contributed by atoms with Crippen LogP contribution in [0.2, 0.25) is 0 Å². The number of aliphatic hydroxyl groups excluding tert-OH is 1. The quantitative estimate of drug-likeness (QED) is 0.407.